The molecule has 1 nitrogen and oxygen atoms in total. The molecule has 0 heterocycles. The molecule has 2 aliphatic rings. The number of ether oxygens (including phenoxy) is 1. The van der Waals surface area contributed by atoms with E-state index in [1.165, 1.54) is 108 Å². The molecule has 1 aromatic rings. The molecule has 2 aliphatic carbocycles. The predicted octanol–water partition coefficient (Wildman–Crippen LogP) is 10.6. The first-order valence-corrected chi connectivity index (χ1v) is 14.8. The number of rotatable bonds is 14. The molecule has 0 radical (unpaired) electrons. The molecule has 212 valence electrons. The summed E-state index contributed by atoms with van der Waals surface area (Å²) >= 11 is 0. The zero-order chi connectivity index (χ0) is 26.7. The average molecular weight is 531 g/mol. The van der Waals surface area contributed by atoms with Crippen molar-refractivity contribution in [3.05, 3.63) is 29.8 Å². The van der Waals surface area contributed by atoms with Gasteiger partial charge >= 0.3 is 12.1 Å². The van der Waals surface area contributed by atoms with E-state index >= 15 is 0 Å². The van der Waals surface area contributed by atoms with Gasteiger partial charge in [0.25, 0.3) is 0 Å². The first-order valence-electron chi connectivity index (χ1n) is 14.8. The summed E-state index contributed by atoms with van der Waals surface area (Å²) in [6.45, 7) is 0.579. The van der Waals surface area contributed by atoms with Crippen molar-refractivity contribution in [3.8, 4) is 5.75 Å². The molecule has 0 spiro atoms. The molecule has 0 N–H and O–H groups in total. The van der Waals surface area contributed by atoms with Gasteiger partial charge < -0.3 is 4.74 Å². The van der Waals surface area contributed by atoms with Crippen molar-refractivity contribution in [2.75, 3.05) is 6.61 Å². The largest absolute Gasteiger partial charge is 0.487 e. The summed E-state index contributed by atoms with van der Waals surface area (Å²) in [6, 6.07) is 6.52. The van der Waals surface area contributed by atoms with Crippen molar-refractivity contribution >= 4 is 0 Å². The third kappa shape index (κ3) is 10.1. The van der Waals surface area contributed by atoms with Crippen molar-refractivity contribution in [1.82, 2.24) is 0 Å². The van der Waals surface area contributed by atoms with Crippen molar-refractivity contribution in [1.29, 1.82) is 0 Å². The summed E-state index contributed by atoms with van der Waals surface area (Å²) < 4.78 is 67.6. The SMILES string of the molecule is CCCCCCCCC1CCC(C2CCC(CCc3ccc(OCC(F)(F)C(F)(F)F)cc3)CC2)CC1. The maximum atomic E-state index is 13.0. The van der Waals surface area contributed by atoms with E-state index in [2.05, 4.69) is 11.7 Å². The fourth-order valence-corrected chi connectivity index (χ4v) is 6.49. The van der Waals surface area contributed by atoms with E-state index in [1.807, 2.05) is 0 Å². The highest BCUT2D eigenvalue weighted by molar-refractivity contribution is 5.27. The predicted molar refractivity (Wildman–Crippen MR) is 140 cm³/mol. The minimum Gasteiger partial charge on any atom is -0.487 e. The monoisotopic (exact) mass is 530 g/mol. The number of unbranched alkanes of at least 4 members (excludes halogenated alkanes) is 5. The summed E-state index contributed by atoms with van der Waals surface area (Å²) in [5.41, 5.74) is 1.07. The van der Waals surface area contributed by atoms with E-state index in [4.69, 9.17) is 0 Å². The fourth-order valence-electron chi connectivity index (χ4n) is 6.49. The lowest BCUT2D eigenvalue weighted by molar-refractivity contribution is -0.290. The fraction of sp³-hybridized carbons (Fsp3) is 0.806. The van der Waals surface area contributed by atoms with Gasteiger partial charge in [0.15, 0.2) is 6.61 Å². The van der Waals surface area contributed by atoms with Gasteiger partial charge in [-0.15, -0.1) is 0 Å². The van der Waals surface area contributed by atoms with Crippen LogP contribution in [0.2, 0.25) is 0 Å². The molecule has 0 saturated heterocycles. The van der Waals surface area contributed by atoms with E-state index in [9.17, 15) is 22.0 Å². The second kappa shape index (κ2) is 14.7. The van der Waals surface area contributed by atoms with Gasteiger partial charge in [0.05, 0.1) is 0 Å². The Bertz CT molecular complexity index is 744. The summed E-state index contributed by atoms with van der Waals surface area (Å²) in [7, 11) is 0. The third-order valence-corrected chi connectivity index (χ3v) is 9.01. The quantitative estimate of drug-likeness (QED) is 0.172. The third-order valence-electron chi connectivity index (χ3n) is 9.01. The van der Waals surface area contributed by atoms with E-state index in [-0.39, 0.29) is 5.75 Å². The Hall–Kier alpha value is -1.33. The Balaban J connectivity index is 1.28. The van der Waals surface area contributed by atoms with Crippen LogP contribution in [0.25, 0.3) is 0 Å². The summed E-state index contributed by atoms with van der Waals surface area (Å²) in [4.78, 5) is 0. The minimum absolute atomic E-state index is 0.0369. The van der Waals surface area contributed by atoms with Gasteiger partial charge in [-0.2, -0.15) is 22.0 Å². The molecule has 0 aromatic heterocycles. The van der Waals surface area contributed by atoms with Gasteiger partial charge in [-0.1, -0.05) is 89.7 Å². The average Bonchev–Trinajstić information content (AvgIpc) is 2.89. The molecule has 2 saturated carbocycles. The molecule has 0 aliphatic heterocycles. The van der Waals surface area contributed by atoms with Crippen LogP contribution in [0, 0.1) is 23.7 Å². The van der Waals surface area contributed by atoms with Gasteiger partial charge in [-0.05, 0) is 79.9 Å². The standard InChI is InChI=1S/C31H47F5O/c1-2-3-4-5-6-7-8-24-11-17-27(18-12-24)28-19-13-25(14-20-28)9-10-26-15-21-29(22-16-26)37-23-30(32,33)31(34,35)36/h15-16,21-22,24-25,27-28H,2-14,17-20,23H2,1H3. The van der Waals surface area contributed by atoms with Crippen LogP contribution >= 0.6 is 0 Å². The minimum atomic E-state index is -5.60. The van der Waals surface area contributed by atoms with Crippen LogP contribution in [0.1, 0.15) is 115 Å². The Labute approximate surface area is 220 Å². The second-order valence-corrected chi connectivity index (χ2v) is 11.8. The van der Waals surface area contributed by atoms with Crippen molar-refractivity contribution in [3.63, 3.8) is 0 Å². The Kier molecular flexibility index (Phi) is 12.0. The van der Waals surface area contributed by atoms with Crippen LogP contribution in [0.3, 0.4) is 0 Å². The van der Waals surface area contributed by atoms with Crippen LogP contribution in [0.5, 0.6) is 5.75 Å². The maximum absolute atomic E-state index is 13.0. The van der Waals surface area contributed by atoms with Gasteiger partial charge in [0, 0.05) is 0 Å². The van der Waals surface area contributed by atoms with Gasteiger partial charge in [-0.3, -0.25) is 0 Å². The lowest BCUT2D eigenvalue weighted by Crippen LogP contribution is -2.41. The van der Waals surface area contributed by atoms with E-state index in [0.717, 1.165) is 42.1 Å². The molecule has 0 atom stereocenters. The molecule has 0 unspecified atom stereocenters. The smallest absolute Gasteiger partial charge is 0.456 e. The van der Waals surface area contributed by atoms with Crippen LogP contribution in [-0.2, 0) is 6.42 Å². The summed E-state index contributed by atoms with van der Waals surface area (Å²) in [5.74, 6) is -1.29. The van der Waals surface area contributed by atoms with Crippen LogP contribution in [0.15, 0.2) is 24.3 Å². The first-order chi connectivity index (χ1) is 17.7. The normalized spacial score (nSPS) is 25.2. The Morgan fingerprint density at radius 2 is 1.19 bits per heavy atom. The maximum Gasteiger partial charge on any atom is 0.456 e. The van der Waals surface area contributed by atoms with E-state index in [0.29, 0.717) is 0 Å². The van der Waals surface area contributed by atoms with Crippen molar-refractivity contribution in [2.45, 2.75) is 128 Å². The van der Waals surface area contributed by atoms with Crippen molar-refractivity contribution in [2.24, 2.45) is 23.7 Å². The van der Waals surface area contributed by atoms with Gasteiger partial charge in [-0.25, -0.2) is 0 Å². The van der Waals surface area contributed by atoms with Crippen LogP contribution in [0.4, 0.5) is 22.0 Å². The number of benzene rings is 1. The summed E-state index contributed by atoms with van der Waals surface area (Å²) in [6.07, 6.45) is 17.2. The molecule has 0 amide bonds. The Morgan fingerprint density at radius 1 is 0.676 bits per heavy atom. The highest BCUT2D eigenvalue weighted by Gasteiger charge is 2.58. The van der Waals surface area contributed by atoms with Crippen LogP contribution in [-0.4, -0.2) is 18.7 Å². The van der Waals surface area contributed by atoms with E-state index < -0.39 is 18.7 Å². The van der Waals surface area contributed by atoms with Gasteiger partial charge in [0.1, 0.15) is 5.75 Å². The number of hydrogen-bond donors (Lipinski definition) is 0. The highest BCUT2D eigenvalue weighted by atomic mass is 19.4. The zero-order valence-electron chi connectivity index (χ0n) is 22.6. The molecule has 2 fully saturated rings. The van der Waals surface area contributed by atoms with E-state index in [1.54, 1.807) is 12.1 Å². The molecule has 6 heteroatoms. The lowest BCUT2D eigenvalue weighted by atomic mass is 9.68. The molecule has 0 bridgehead atoms. The number of aryl methyl sites for hydroxylation is 1. The van der Waals surface area contributed by atoms with Crippen molar-refractivity contribution < 1.29 is 26.7 Å². The summed E-state index contributed by atoms with van der Waals surface area (Å²) in [5, 5.41) is 0. The highest BCUT2D eigenvalue weighted by Crippen LogP contribution is 2.43. The number of hydrogen-bond acceptors (Lipinski definition) is 1. The molecular formula is C31H47F5O. The molecule has 3 rings (SSSR count). The lowest BCUT2D eigenvalue weighted by Gasteiger charge is -2.38. The second-order valence-electron chi connectivity index (χ2n) is 11.8. The van der Waals surface area contributed by atoms with Gasteiger partial charge in [0.2, 0.25) is 0 Å². The first kappa shape index (κ1) is 30.2. The molecule has 1 aromatic carbocycles. The Morgan fingerprint density at radius 3 is 1.73 bits per heavy atom. The molecule has 37 heavy (non-hydrogen) atoms. The van der Waals surface area contributed by atoms with Crippen LogP contribution < -0.4 is 4.74 Å². The zero-order valence-corrected chi connectivity index (χ0v) is 22.6. The number of halogens is 5. The molecular weight excluding hydrogens is 483 g/mol. The number of alkyl halides is 5. The topological polar surface area (TPSA) is 9.23 Å².